The van der Waals surface area contributed by atoms with E-state index in [2.05, 4.69) is 29.4 Å². The summed E-state index contributed by atoms with van der Waals surface area (Å²) in [6.07, 6.45) is 3.27. The second-order valence-electron chi connectivity index (χ2n) is 7.09. The number of methoxy groups -OCH3 is 2. The lowest BCUT2D eigenvalue weighted by Crippen LogP contribution is -2.62. The van der Waals surface area contributed by atoms with E-state index in [1.54, 1.807) is 14.2 Å². The summed E-state index contributed by atoms with van der Waals surface area (Å²) in [6, 6.07) is 4.44. The van der Waals surface area contributed by atoms with Crippen LogP contribution in [-0.4, -0.2) is 69.7 Å². The van der Waals surface area contributed by atoms with Crippen LogP contribution in [0.4, 0.5) is 0 Å². The quantitative estimate of drug-likeness (QED) is 0.808. The zero-order chi connectivity index (χ0) is 17.9. The molecular formula is C19H30N2O4. The topological polar surface area (TPSA) is 63.2 Å². The minimum absolute atomic E-state index is 0.0853. The number of hydrogen-bond acceptors (Lipinski definition) is 6. The summed E-state index contributed by atoms with van der Waals surface area (Å²) in [5.41, 5.74) is 2.23. The third-order valence-electron chi connectivity index (χ3n) is 5.68. The van der Waals surface area contributed by atoms with Crippen molar-refractivity contribution in [3.63, 3.8) is 0 Å². The third kappa shape index (κ3) is 3.62. The monoisotopic (exact) mass is 350 g/mol. The fourth-order valence-corrected chi connectivity index (χ4v) is 3.87. The first-order valence-electron chi connectivity index (χ1n) is 9.01. The first-order valence-corrected chi connectivity index (χ1v) is 9.01. The van der Waals surface area contributed by atoms with E-state index in [-0.39, 0.29) is 18.2 Å². The number of nitrogens with zero attached hydrogens (tertiary/aromatic N) is 1. The van der Waals surface area contributed by atoms with Crippen molar-refractivity contribution in [2.24, 2.45) is 0 Å². The van der Waals surface area contributed by atoms with Gasteiger partial charge in [0.25, 0.3) is 0 Å². The highest BCUT2D eigenvalue weighted by Crippen LogP contribution is 2.38. The molecule has 0 bridgehead atoms. The molecule has 1 heterocycles. The van der Waals surface area contributed by atoms with E-state index in [1.807, 2.05) is 0 Å². The normalized spacial score (nSPS) is 27.0. The average molecular weight is 350 g/mol. The molecule has 1 aliphatic carbocycles. The molecule has 2 atom stereocenters. The number of likely N-dealkylation sites (N-methyl/N-ethyl adjacent to an activating group) is 1. The highest BCUT2D eigenvalue weighted by atomic mass is 16.5. The Hall–Kier alpha value is -1.34. The molecule has 140 valence electrons. The number of morpholine rings is 1. The smallest absolute Gasteiger partial charge is 0.161 e. The molecule has 6 heteroatoms. The SMILES string of the molecule is COc1cc2c(cc1OC)C(NCC1(CO)COCCN1C)CCC2. The molecule has 0 radical (unpaired) electrons. The van der Waals surface area contributed by atoms with Gasteiger partial charge in [0.05, 0.1) is 39.6 Å². The van der Waals surface area contributed by atoms with Gasteiger partial charge in [-0.2, -0.15) is 0 Å². The van der Waals surface area contributed by atoms with Crippen molar-refractivity contribution in [1.29, 1.82) is 0 Å². The second-order valence-corrected chi connectivity index (χ2v) is 7.09. The van der Waals surface area contributed by atoms with Gasteiger partial charge in [-0.15, -0.1) is 0 Å². The molecule has 3 rings (SSSR count). The van der Waals surface area contributed by atoms with Crippen LogP contribution in [0.15, 0.2) is 12.1 Å². The Morgan fingerprint density at radius 1 is 1.32 bits per heavy atom. The fourth-order valence-electron chi connectivity index (χ4n) is 3.87. The predicted octanol–water partition coefficient (Wildman–Crippen LogP) is 1.36. The molecule has 0 aromatic heterocycles. The summed E-state index contributed by atoms with van der Waals surface area (Å²) in [5.74, 6) is 1.55. The fraction of sp³-hybridized carbons (Fsp3) is 0.684. The lowest BCUT2D eigenvalue weighted by molar-refractivity contribution is -0.0793. The van der Waals surface area contributed by atoms with Crippen LogP contribution in [-0.2, 0) is 11.2 Å². The van der Waals surface area contributed by atoms with Gasteiger partial charge in [0.15, 0.2) is 11.5 Å². The van der Waals surface area contributed by atoms with Gasteiger partial charge in [0.2, 0.25) is 0 Å². The van der Waals surface area contributed by atoms with E-state index in [1.165, 1.54) is 11.1 Å². The van der Waals surface area contributed by atoms with Gasteiger partial charge >= 0.3 is 0 Å². The zero-order valence-electron chi connectivity index (χ0n) is 15.5. The Balaban J connectivity index is 1.78. The van der Waals surface area contributed by atoms with Crippen molar-refractivity contribution in [3.8, 4) is 11.5 Å². The van der Waals surface area contributed by atoms with E-state index in [9.17, 15) is 5.11 Å². The summed E-state index contributed by atoms with van der Waals surface area (Å²) in [5, 5.41) is 13.7. The van der Waals surface area contributed by atoms with Crippen LogP contribution in [0.5, 0.6) is 11.5 Å². The largest absolute Gasteiger partial charge is 0.493 e. The van der Waals surface area contributed by atoms with Crippen molar-refractivity contribution in [2.75, 3.05) is 54.2 Å². The molecule has 1 aromatic carbocycles. The maximum absolute atomic E-state index is 9.99. The number of aryl methyl sites for hydroxylation is 1. The molecule has 6 nitrogen and oxygen atoms in total. The first-order chi connectivity index (χ1) is 12.1. The summed E-state index contributed by atoms with van der Waals surface area (Å²) in [6.45, 7) is 2.90. The summed E-state index contributed by atoms with van der Waals surface area (Å²) in [4.78, 5) is 2.21. The van der Waals surface area contributed by atoms with E-state index < -0.39 is 0 Å². The van der Waals surface area contributed by atoms with Crippen LogP contribution < -0.4 is 14.8 Å². The highest BCUT2D eigenvalue weighted by Gasteiger charge is 2.38. The second kappa shape index (κ2) is 7.91. The highest BCUT2D eigenvalue weighted by molar-refractivity contribution is 5.49. The Kier molecular flexibility index (Phi) is 5.84. The number of benzene rings is 1. The van der Waals surface area contributed by atoms with Gasteiger partial charge < -0.3 is 24.6 Å². The Morgan fingerprint density at radius 3 is 2.76 bits per heavy atom. The third-order valence-corrected chi connectivity index (χ3v) is 5.68. The van der Waals surface area contributed by atoms with Crippen LogP contribution >= 0.6 is 0 Å². The molecule has 2 aliphatic rings. The van der Waals surface area contributed by atoms with E-state index >= 15 is 0 Å². The lowest BCUT2D eigenvalue weighted by atomic mass is 9.86. The maximum atomic E-state index is 9.99. The molecule has 2 N–H and O–H groups in total. The molecule has 25 heavy (non-hydrogen) atoms. The molecule has 1 aliphatic heterocycles. The molecule has 1 aromatic rings. The number of fused-ring (bicyclic) bond motifs is 1. The predicted molar refractivity (Wildman–Crippen MR) is 96.5 cm³/mol. The minimum atomic E-state index is -0.355. The number of hydrogen-bond donors (Lipinski definition) is 2. The van der Waals surface area contributed by atoms with Gasteiger partial charge in [-0.3, -0.25) is 4.90 Å². The summed E-state index contributed by atoms with van der Waals surface area (Å²) >= 11 is 0. The molecule has 1 saturated heterocycles. The van der Waals surface area contributed by atoms with Gasteiger partial charge in [-0.05, 0) is 49.6 Å². The van der Waals surface area contributed by atoms with E-state index in [0.717, 1.165) is 43.9 Å². The standard InChI is InChI=1S/C19H30N2O4/c1-21-7-8-25-13-19(21,12-22)11-20-16-6-4-5-14-9-17(23-2)18(24-3)10-15(14)16/h9-10,16,20,22H,4-8,11-13H2,1-3H3. The van der Waals surface area contributed by atoms with Gasteiger partial charge in [0, 0.05) is 19.1 Å². The van der Waals surface area contributed by atoms with Crippen molar-refractivity contribution in [3.05, 3.63) is 23.3 Å². The van der Waals surface area contributed by atoms with Gasteiger partial charge in [-0.25, -0.2) is 0 Å². The molecule has 0 spiro atoms. The molecule has 1 fully saturated rings. The number of aliphatic hydroxyl groups is 1. The van der Waals surface area contributed by atoms with Crippen LogP contribution in [0.2, 0.25) is 0 Å². The number of rotatable bonds is 6. The summed E-state index contributed by atoms with van der Waals surface area (Å²) in [7, 11) is 5.40. The van der Waals surface area contributed by atoms with Crippen molar-refractivity contribution < 1.29 is 19.3 Å². The van der Waals surface area contributed by atoms with E-state index in [0.29, 0.717) is 13.2 Å². The van der Waals surface area contributed by atoms with Crippen LogP contribution in [0, 0.1) is 0 Å². The minimum Gasteiger partial charge on any atom is -0.493 e. The van der Waals surface area contributed by atoms with Crippen molar-refractivity contribution in [2.45, 2.75) is 30.8 Å². The maximum Gasteiger partial charge on any atom is 0.161 e. The molecule has 0 amide bonds. The average Bonchev–Trinajstić information content (AvgIpc) is 2.66. The molecule has 2 unspecified atom stereocenters. The van der Waals surface area contributed by atoms with Gasteiger partial charge in [0.1, 0.15) is 0 Å². The van der Waals surface area contributed by atoms with Gasteiger partial charge in [-0.1, -0.05) is 0 Å². The summed E-state index contributed by atoms with van der Waals surface area (Å²) < 4.78 is 16.6. The number of nitrogens with one attached hydrogen (secondary N) is 1. The zero-order valence-corrected chi connectivity index (χ0v) is 15.5. The van der Waals surface area contributed by atoms with Crippen LogP contribution in [0.25, 0.3) is 0 Å². The Labute approximate surface area is 150 Å². The van der Waals surface area contributed by atoms with Crippen molar-refractivity contribution >= 4 is 0 Å². The van der Waals surface area contributed by atoms with Crippen LogP contribution in [0.1, 0.15) is 30.0 Å². The number of aliphatic hydroxyl groups excluding tert-OH is 1. The first kappa shape index (κ1) is 18.5. The Morgan fingerprint density at radius 2 is 2.08 bits per heavy atom. The Bertz CT molecular complexity index is 595. The lowest BCUT2D eigenvalue weighted by Gasteiger charge is -2.45. The number of ether oxygens (including phenoxy) is 3. The molecule has 0 saturated carbocycles. The van der Waals surface area contributed by atoms with Crippen LogP contribution in [0.3, 0.4) is 0 Å². The molecular weight excluding hydrogens is 320 g/mol. The van der Waals surface area contributed by atoms with Crippen molar-refractivity contribution in [1.82, 2.24) is 10.2 Å². The van der Waals surface area contributed by atoms with E-state index in [4.69, 9.17) is 14.2 Å².